The minimum absolute atomic E-state index is 0.496. The van der Waals surface area contributed by atoms with Crippen molar-refractivity contribution < 1.29 is 14.6 Å². The van der Waals surface area contributed by atoms with Crippen molar-refractivity contribution in [1.29, 1.82) is 0 Å². The first-order valence-corrected chi connectivity index (χ1v) is 4.39. The zero-order chi connectivity index (χ0) is 10.8. The summed E-state index contributed by atoms with van der Waals surface area (Å²) in [7, 11) is 1.50. The smallest absolute Gasteiger partial charge is 0.186 e. The highest BCUT2D eigenvalue weighted by molar-refractivity contribution is 5.13. The van der Waals surface area contributed by atoms with Crippen LogP contribution in [0, 0.1) is 5.21 Å². The van der Waals surface area contributed by atoms with Gasteiger partial charge in [0.2, 0.25) is 0 Å². The minimum Gasteiger partial charge on any atom is -0.619 e. The normalized spacial score (nSPS) is 14.0. The standard InChI is InChI=1S/C10H15NO3/c1-10(2,12)9(14-3)8-5-4-6-11(13)7-8/h4-7,9,12H,1-3H3. The number of rotatable bonds is 3. The van der Waals surface area contributed by atoms with Crippen molar-refractivity contribution in [3.05, 3.63) is 35.3 Å². The number of methoxy groups -OCH3 is 1. The molecule has 78 valence electrons. The Morgan fingerprint density at radius 3 is 2.64 bits per heavy atom. The van der Waals surface area contributed by atoms with Crippen LogP contribution < -0.4 is 4.73 Å². The van der Waals surface area contributed by atoms with E-state index >= 15 is 0 Å². The molecular weight excluding hydrogens is 182 g/mol. The first kappa shape index (κ1) is 10.9. The predicted octanol–water partition coefficient (Wildman–Crippen LogP) is 0.778. The maximum atomic E-state index is 11.0. The highest BCUT2D eigenvalue weighted by Gasteiger charge is 2.29. The molecule has 0 spiro atoms. The van der Waals surface area contributed by atoms with E-state index in [9.17, 15) is 10.3 Å². The molecule has 0 saturated heterocycles. The summed E-state index contributed by atoms with van der Waals surface area (Å²) in [5.74, 6) is 0. The Kier molecular flexibility index (Phi) is 3.08. The first-order valence-electron chi connectivity index (χ1n) is 4.39. The second-order valence-corrected chi connectivity index (χ2v) is 3.77. The van der Waals surface area contributed by atoms with Crippen LogP contribution in [-0.4, -0.2) is 17.8 Å². The van der Waals surface area contributed by atoms with Crippen LogP contribution in [0.5, 0.6) is 0 Å². The molecule has 0 radical (unpaired) electrons. The molecule has 0 aliphatic carbocycles. The third kappa shape index (κ3) is 2.43. The fourth-order valence-electron chi connectivity index (χ4n) is 1.46. The molecule has 4 nitrogen and oxygen atoms in total. The van der Waals surface area contributed by atoms with Crippen LogP contribution in [0.15, 0.2) is 24.5 Å². The molecule has 1 N–H and O–H groups in total. The van der Waals surface area contributed by atoms with Gasteiger partial charge < -0.3 is 15.1 Å². The summed E-state index contributed by atoms with van der Waals surface area (Å²) >= 11 is 0. The van der Waals surface area contributed by atoms with Gasteiger partial charge >= 0.3 is 0 Å². The quantitative estimate of drug-likeness (QED) is 0.575. The Bertz CT molecular complexity index is 306. The zero-order valence-corrected chi connectivity index (χ0v) is 8.60. The number of pyridine rings is 1. The van der Waals surface area contributed by atoms with Crippen LogP contribution in [-0.2, 0) is 4.74 Å². The number of hydrogen-bond acceptors (Lipinski definition) is 3. The van der Waals surface area contributed by atoms with Crippen LogP contribution in [0.4, 0.5) is 0 Å². The molecular formula is C10H15NO3. The van der Waals surface area contributed by atoms with Gasteiger partial charge in [0, 0.05) is 18.7 Å². The molecule has 1 heterocycles. The van der Waals surface area contributed by atoms with E-state index in [1.165, 1.54) is 19.5 Å². The molecule has 1 unspecified atom stereocenters. The lowest BCUT2D eigenvalue weighted by Crippen LogP contribution is -2.33. The highest BCUT2D eigenvalue weighted by atomic mass is 16.5. The monoisotopic (exact) mass is 197 g/mol. The fraction of sp³-hybridized carbons (Fsp3) is 0.500. The Morgan fingerprint density at radius 1 is 1.57 bits per heavy atom. The van der Waals surface area contributed by atoms with Crippen LogP contribution >= 0.6 is 0 Å². The lowest BCUT2D eigenvalue weighted by atomic mass is 9.96. The fourth-order valence-corrected chi connectivity index (χ4v) is 1.46. The van der Waals surface area contributed by atoms with E-state index in [0.717, 1.165) is 0 Å². The van der Waals surface area contributed by atoms with Crippen LogP contribution in [0.2, 0.25) is 0 Å². The number of ether oxygens (including phenoxy) is 1. The molecule has 1 aromatic heterocycles. The van der Waals surface area contributed by atoms with Gasteiger partial charge in [-0.25, -0.2) is 0 Å². The molecule has 0 aliphatic heterocycles. The largest absolute Gasteiger partial charge is 0.619 e. The summed E-state index contributed by atoms with van der Waals surface area (Å²) in [5, 5.41) is 20.8. The molecule has 0 bridgehead atoms. The third-order valence-electron chi connectivity index (χ3n) is 1.98. The van der Waals surface area contributed by atoms with Crippen LogP contribution in [0.1, 0.15) is 25.5 Å². The average Bonchev–Trinajstić information content (AvgIpc) is 2.02. The van der Waals surface area contributed by atoms with Gasteiger partial charge in [-0.3, -0.25) is 0 Å². The van der Waals surface area contributed by atoms with Crippen molar-refractivity contribution >= 4 is 0 Å². The molecule has 0 amide bonds. The van der Waals surface area contributed by atoms with Gasteiger partial charge in [-0.15, -0.1) is 0 Å². The van der Waals surface area contributed by atoms with E-state index in [4.69, 9.17) is 4.74 Å². The van der Waals surface area contributed by atoms with E-state index in [2.05, 4.69) is 0 Å². The lowest BCUT2D eigenvalue weighted by Gasteiger charge is -2.27. The molecule has 0 aliphatic rings. The minimum atomic E-state index is -1.01. The molecule has 1 atom stereocenters. The topological polar surface area (TPSA) is 56.4 Å². The summed E-state index contributed by atoms with van der Waals surface area (Å²) in [4.78, 5) is 0. The number of aliphatic hydroxyl groups is 1. The van der Waals surface area contributed by atoms with Gasteiger partial charge in [-0.2, -0.15) is 4.73 Å². The summed E-state index contributed by atoms with van der Waals surface area (Å²) < 4.78 is 5.84. The molecule has 4 heteroatoms. The summed E-state index contributed by atoms with van der Waals surface area (Å²) in [6, 6.07) is 3.38. The Labute approximate surface area is 83.3 Å². The maximum absolute atomic E-state index is 11.0. The van der Waals surface area contributed by atoms with E-state index in [1.807, 2.05) is 0 Å². The first-order chi connectivity index (χ1) is 6.45. The summed E-state index contributed by atoms with van der Waals surface area (Å²) in [6.07, 6.45) is 2.29. The van der Waals surface area contributed by atoms with Crippen LogP contribution in [0.3, 0.4) is 0 Å². The van der Waals surface area contributed by atoms with Gasteiger partial charge in [0.1, 0.15) is 6.10 Å². The van der Waals surface area contributed by atoms with Crippen molar-refractivity contribution in [2.24, 2.45) is 0 Å². The van der Waals surface area contributed by atoms with Gasteiger partial charge in [0.15, 0.2) is 12.4 Å². The van der Waals surface area contributed by atoms with Crippen LogP contribution in [0.25, 0.3) is 0 Å². The third-order valence-corrected chi connectivity index (χ3v) is 1.98. The zero-order valence-electron chi connectivity index (χ0n) is 8.60. The number of hydrogen-bond donors (Lipinski definition) is 1. The van der Waals surface area contributed by atoms with Crippen molar-refractivity contribution in [1.82, 2.24) is 0 Å². The number of nitrogens with zero attached hydrogens (tertiary/aromatic N) is 1. The molecule has 0 aromatic carbocycles. The maximum Gasteiger partial charge on any atom is 0.186 e. The van der Waals surface area contributed by atoms with Gasteiger partial charge in [-0.05, 0) is 19.9 Å². The Hall–Kier alpha value is -1.13. The molecule has 1 rings (SSSR count). The van der Waals surface area contributed by atoms with E-state index in [-0.39, 0.29) is 0 Å². The Balaban J connectivity index is 3.01. The van der Waals surface area contributed by atoms with Gasteiger partial charge in [0.05, 0.1) is 5.60 Å². The highest BCUT2D eigenvalue weighted by Crippen LogP contribution is 2.27. The Morgan fingerprint density at radius 2 is 2.21 bits per heavy atom. The predicted molar refractivity (Wildman–Crippen MR) is 51.4 cm³/mol. The van der Waals surface area contributed by atoms with Gasteiger partial charge in [0.25, 0.3) is 0 Å². The van der Waals surface area contributed by atoms with E-state index in [0.29, 0.717) is 10.3 Å². The molecule has 0 fully saturated rings. The molecule has 0 saturated carbocycles. The van der Waals surface area contributed by atoms with Crippen molar-refractivity contribution in [2.75, 3.05) is 7.11 Å². The average molecular weight is 197 g/mol. The molecule has 14 heavy (non-hydrogen) atoms. The summed E-state index contributed by atoms with van der Waals surface area (Å²) in [6.45, 7) is 3.28. The van der Waals surface area contributed by atoms with Crippen molar-refractivity contribution in [2.45, 2.75) is 25.6 Å². The SMILES string of the molecule is COC(c1ccc[n+]([O-])c1)C(C)(C)O. The van der Waals surface area contributed by atoms with E-state index < -0.39 is 11.7 Å². The lowest BCUT2D eigenvalue weighted by molar-refractivity contribution is -0.606. The second kappa shape index (κ2) is 3.94. The van der Waals surface area contributed by atoms with E-state index in [1.54, 1.807) is 26.0 Å². The van der Waals surface area contributed by atoms with Crippen molar-refractivity contribution in [3.63, 3.8) is 0 Å². The second-order valence-electron chi connectivity index (χ2n) is 3.77. The molecule has 1 aromatic rings. The van der Waals surface area contributed by atoms with Crippen molar-refractivity contribution in [3.8, 4) is 0 Å². The van der Waals surface area contributed by atoms with Gasteiger partial charge in [-0.1, -0.05) is 0 Å². The summed E-state index contributed by atoms with van der Waals surface area (Å²) in [5.41, 5.74) is -0.346. The number of aromatic nitrogens is 1.